The van der Waals surface area contributed by atoms with Crippen molar-refractivity contribution < 1.29 is 28.7 Å². The van der Waals surface area contributed by atoms with Crippen LogP contribution in [0.1, 0.15) is 52.5 Å². The van der Waals surface area contributed by atoms with Gasteiger partial charge in [-0.1, -0.05) is 58.0 Å². The van der Waals surface area contributed by atoms with Gasteiger partial charge < -0.3 is 25.0 Å². The molecule has 0 aliphatic carbocycles. The Morgan fingerprint density at radius 1 is 1.03 bits per heavy atom. The third kappa shape index (κ3) is 7.52. The maximum absolute atomic E-state index is 13.4. The molecule has 0 aromatic heterocycles. The smallest absolute Gasteiger partial charge is 0.329 e. The minimum Gasteiger partial charge on any atom is -0.459 e. The van der Waals surface area contributed by atoms with Gasteiger partial charge in [0.2, 0.25) is 5.91 Å². The van der Waals surface area contributed by atoms with Crippen molar-refractivity contribution in [2.24, 2.45) is 11.8 Å². The van der Waals surface area contributed by atoms with Crippen LogP contribution in [0.3, 0.4) is 0 Å². The molecule has 9 nitrogen and oxygen atoms in total. The summed E-state index contributed by atoms with van der Waals surface area (Å²) >= 11 is 0. The van der Waals surface area contributed by atoms with Crippen LogP contribution >= 0.6 is 0 Å². The fourth-order valence-electron chi connectivity index (χ4n) is 4.16. The SMILES string of the molecule is CC(C)CNC(=O)[C@H]1O[C@H]1C(=O)N[C@@H](CC(C)C)C(=O)N1CCC[C@H]1C(=O)OCc1ccccc1. The van der Waals surface area contributed by atoms with Crippen molar-refractivity contribution in [3.05, 3.63) is 35.9 Å². The first-order chi connectivity index (χ1) is 16.7. The number of amides is 3. The van der Waals surface area contributed by atoms with Gasteiger partial charge in [-0.2, -0.15) is 0 Å². The molecule has 0 unspecified atom stereocenters. The van der Waals surface area contributed by atoms with E-state index in [4.69, 9.17) is 9.47 Å². The molecule has 35 heavy (non-hydrogen) atoms. The summed E-state index contributed by atoms with van der Waals surface area (Å²) in [5.41, 5.74) is 0.873. The Hall–Kier alpha value is -2.94. The van der Waals surface area contributed by atoms with Crippen molar-refractivity contribution in [3.8, 4) is 0 Å². The summed E-state index contributed by atoms with van der Waals surface area (Å²) < 4.78 is 10.8. The molecule has 2 N–H and O–H groups in total. The fourth-order valence-corrected chi connectivity index (χ4v) is 4.16. The lowest BCUT2D eigenvalue weighted by atomic mass is 10.0. The van der Waals surface area contributed by atoms with E-state index in [0.29, 0.717) is 32.4 Å². The number of rotatable bonds is 11. The van der Waals surface area contributed by atoms with Gasteiger partial charge in [-0.25, -0.2) is 4.79 Å². The van der Waals surface area contributed by atoms with Crippen LogP contribution in [0.5, 0.6) is 0 Å². The number of carbonyl (C=O) groups excluding carboxylic acids is 4. The first-order valence-corrected chi connectivity index (χ1v) is 12.4. The Bertz CT molecular complexity index is 904. The van der Waals surface area contributed by atoms with Crippen molar-refractivity contribution in [2.45, 2.75) is 77.9 Å². The van der Waals surface area contributed by atoms with E-state index in [0.717, 1.165) is 5.56 Å². The maximum Gasteiger partial charge on any atom is 0.329 e. The minimum atomic E-state index is -0.908. The van der Waals surface area contributed by atoms with E-state index in [1.807, 2.05) is 58.0 Å². The van der Waals surface area contributed by atoms with Gasteiger partial charge in [-0.3, -0.25) is 14.4 Å². The number of benzene rings is 1. The van der Waals surface area contributed by atoms with Crippen molar-refractivity contribution in [1.82, 2.24) is 15.5 Å². The zero-order valence-corrected chi connectivity index (χ0v) is 21.0. The third-order valence-electron chi connectivity index (χ3n) is 6.05. The predicted octanol–water partition coefficient (Wildman–Crippen LogP) is 1.79. The van der Waals surface area contributed by atoms with Gasteiger partial charge in [0.15, 0.2) is 12.2 Å². The van der Waals surface area contributed by atoms with Gasteiger partial charge in [-0.15, -0.1) is 0 Å². The Labute approximate surface area is 206 Å². The second-order valence-corrected chi connectivity index (χ2v) is 10.1. The van der Waals surface area contributed by atoms with Crippen LogP contribution in [-0.4, -0.2) is 66.0 Å². The van der Waals surface area contributed by atoms with Crippen LogP contribution in [-0.2, 0) is 35.3 Å². The van der Waals surface area contributed by atoms with Crippen LogP contribution in [0, 0.1) is 11.8 Å². The van der Waals surface area contributed by atoms with Crippen molar-refractivity contribution >= 4 is 23.7 Å². The molecule has 0 spiro atoms. The Balaban J connectivity index is 1.58. The summed E-state index contributed by atoms with van der Waals surface area (Å²) in [4.78, 5) is 52.7. The highest BCUT2D eigenvalue weighted by Crippen LogP contribution is 2.25. The van der Waals surface area contributed by atoms with Crippen molar-refractivity contribution in [3.63, 3.8) is 0 Å². The van der Waals surface area contributed by atoms with Crippen molar-refractivity contribution in [2.75, 3.05) is 13.1 Å². The third-order valence-corrected chi connectivity index (χ3v) is 6.05. The molecule has 3 amide bonds. The first kappa shape index (κ1) is 26.7. The Morgan fingerprint density at radius 3 is 2.37 bits per heavy atom. The molecule has 0 radical (unpaired) electrons. The van der Waals surface area contributed by atoms with Gasteiger partial charge in [0, 0.05) is 13.1 Å². The highest BCUT2D eigenvalue weighted by Gasteiger charge is 2.51. The van der Waals surface area contributed by atoms with Gasteiger partial charge in [0.05, 0.1) is 0 Å². The number of hydrogen-bond donors (Lipinski definition) is 2. The summed E-state index contributed by atoms with van der Waals surface area (Å²) in [7, 11) is 0. The molecule has 2 aliphatic rings. The highest BCUT2D eigenvalue weighted by atomic mass is 16.6. The van der Waals surface area contributed by atoms with Crippen molar-refractivity contribution in [1.29, 1.82) is 0 Å². The molecule has 1 aromatic carbocycles. The average Bonchev–Trinajstić information content (AvgIpc) is 3.48. The minimum absolute atomic E-state index is 0.126. The number of ether oxygens (including phenoxy) is 2. The lowest BCUT2D eigenvalue weighted by molar-refractivity contribution is -0.155. The fraction of sp³-hybridized carbons (Fsp3) is 0.615. The second-order valence-electron chi connectivity index (χ2n) is 10.1. The number of hydrogen-bond acceptors (Lipinski definition) is 6. The van der Waals surface area contributed by atoms with Crippen LogP contribution in [0.15, 0.2) is 30.3 Å². The van der Waals surface area contributed by atoms with Gasteiger partial charge >= 0.3 is 5.97 Å². The molecule has 3 rings (SSSR count). The Kier molecular flexibility index (Phi) is 9.26. The van der Waals surface area contributed by atoms with Crippen LogP contribution < -0.4 is 10.6 Å². The first-order valence-electron chi connectivity index (χ1n) is 12.4. The zero-order chi connectivity index (χ0) is 25.5. The molecule has 4 atom stereocenters. The Morgan fingerprint density at radius 2 is 1.71 bits per heavy atom. The number of nitrogens with zero attached hydrogens (tertiary/aromatic N) is 1. The molecule has 2 fully saturated rings. The molecular weight excluding hydrogens is 450 g/mol. The molecule has 9 heteroatoms. The summed E-state index contributed by atoms with van der Waals surface area (Å²) in [5, 5.41) is 5.52. The van der Waals surface area contributed by atoms with E-state index in [9.17, 15) is 19.2 Å². The maximum atomic E-state index is 13.4. The number of carbonyl (C=O) groups is 4. The van der Waals surface area contributed by atoms with E-state index in [1.54, 1.807) is 0 Å². The van der Waals surface area contributed by atoms with E-state index < -0.39 is 36.2 Å². The van der Waals surface area contributed by atoms with E-state index in [2.05, 4.69) is 10.6 Å². The lowest BCUT2D eigenvalue weighted by Gasteiger charge is -2.29. The summed E-state index contributed by atoms with van der Waals surface area (Å²) in [6.45, 7) is 8.93. The second kappa shape index (κ2) is 12.2. The van der Waals surface area contributed by atoms with Gasteiger partial charge in [0.1, 0.15) is 18.7 Å². The molecular formula is C26H37N3O6. The largest absolute Gasteiger partial charge is 0.459 e. The molecule has 1 aromatic rings. The van der Waals surface area contributed by atoms with E-state index in [1.165, 1.54) is 4.90 Å². The number of epoxide rings is 1. The van der Waals surface area contributed by atoms with Crippen LogP contribution in [0.2, 0.25) is 0 Å². The predicted molar refractivity (Wildman–Crippen MR) is 129 cm³/mol. The molecule has 2 saturated heterocycles. The van der Waals surface area contributed by atoms with Crippen LogP contribution in [0.25, 0.3) is 0 Å². The van der Waals surface area contributed by atoms with Gasteiger partial charge in [0.25, 0.3) is 11.8 Å². The molecule has 2 aliphatic heterocycles. The zero-order valence-electron chi connectivity index (χ0n) is 21.0. The lowest BCUT2D eigenvalue weighted by Crippen LogP contribution is -2.53. The number of nitrogens with one attached hydrogen (secondary N) is 2. The van der Waals surface area contributed by atoms with Gasteiger partial charge in [-0.05, 0) is 36.7 Å². The summed E-state index contributed by atoms with van der Waals surface area (Å²) in [6.07, 6.45) is -0.135. The normalized spacial score (nSPS) is 22.1. The monoisotopic (exact) mass is 487 g/mol. The van der Waals surface area contributed by atoms with Crippen LogP contribution in [0.4, 0.5) is 0 Å². The quantitative estimate of drug-likeness (QED) is 0.363. The highest BCUT2D eigenvalue weighted by molar-refractivity contribution is 5.97. The summed E-state index contributed by atoms with van der Waals surface area (Å²) in [5.74, 6) is -1.16. The number of esters is 1. The van der Waals surface area contributed by atoms with E-state index in [-0.39, 0.29) is 30.3 Å². The average molecular weight is 488 g/mol. The topological polar surface area (TPSA) is 117 Å². The molecule has 2 heterocycles. The standard InChI is InChI=1S/C26H37N3O6/c1-16(2)13-19(28-24(31)22-21(35-22)23(30)27-14-17(3)4)25(32)29-12-8-11-20(29)26(33)34-15-18-9-6-5-7-10-18/h5-7,9-10,16-17,19-22H,8,11-15H2,1-4H3,(H,27,30)(H,28,31)/t19-,20-,21-,22+/m0/s1. The molecule has 192 valence electrons. The molecule has 0 saturated carbocycles. The van der Waals surface area contributed by atoms with E-state index >= 15 is 0 Å². The summed E-state index contributed by atoms with van der Waals surface area (Å²) in [6, 6.07) is 7.88. The number of likely N-dealkylation sites (tertiary alicyclic amines) is 1. The molecule has 0 bridgehead atoms.